The first-order valence-corrected chi connectivity index (χ1v) is 7.85. The summed E-state index contributed by atoms with van der Waals surface area (Å²) in [4.78, 5) is 14.1. The van der Waals surface area contributed by atoms with Gasteiger partial charge in [0.2, 0.25) is 5.91 Å². The number of likely N-dealkylation sites (tertiary alicyclic amines) is 1. The van der Waals surface area contributed by atoms with Crippen molar-refractivity contribution in [2.24, 2.45) is 5.92 Å². The van der Waals surface area contributed by atoms with E-state index in [4.69, 9.17) is 0 Å². The van der Waals surface area contributed by atoms with Crippen LogP contribution in [0.2, 0.25) is 0 Å². The van der Waals surface area contributed by atoms with Crippen molar-refractivity contribution in [2.45, 2.75) is 64.0 Å². The van der Waals surface area contributed by atoms with Crippen molar-refractivity contribution in [3.8, 4) is 0 Å². The van der Waals surface area contributed by atoms with Crippen molar-refractivity contribution >= 4 is 5.91 Å². The number of hydrogen-bond acceptors (Lipinski definition) is 3. The molecule has 2 N–H and O–H groups in total. The van der Waals surface area contributed by atoms with Crippen molar-refractivity contribution in [2.75, 3.05) is 19.6 Å². The molecule has 1 aliphatic heterocycles. The molecule has 0 radical (unpaired) electrons. The van der Waals surface area contributed by atoms with Crippen LogP contribution in [-0.2, 0) is 4.79 Å². The Balaban J connectivity index is 1.71. The van der Waals surface area contributed by atoms with Crippen LogP contribution < -0.4 is 5.32 Å². The molecule has 1 amide bonds. The SMILES string of the molecule is CC1CCN(CC(=O)NC2CCCCCC2)CC1O. The molecule has 2 rings (SSSR count). The van der Waals surface area contributed by atoms with Gasteiger partial charge in [-0.1, -0.05) is 32.6 Å². The van der Waals surface area contributed by atoms with Crippen molar-refractivity contribution in [3.05, 3.63) is 0 Å². The number of carbonyl (C=O) groups excluding carboxylic acids is 1. The number of carbonyl (C=O) groups is 1. The number of β-amino-alcohol motifs (C(OH)–C–C–N with tert-alkyl or cyclic N) is 1. The van der Waals surface area contributed by atoms with E-state index in [1.807, 2.05) is 0 Å². The van der Waals surface area contributed by atoms with Crippen LogP contribution in [0, 0.1) is 5.92 Å². The minimum absolute atomic E-state index is 0.133. The fourth-order valence-electron chi connectivity index (χ4n) is 3.16. The predicted molar refractivity (Wildman–Crippen MR) is 75.9 cm³/mol. The molecule has 0 bridgehead atoms. The van der Waals surface area contributed by atoms with Gasteiger partial charge in [-0.3, -0.25) is 9.69 Å². The first-order chi connectivity index (χ1) is 9.15. The Morgan fingerprint density at radius 2 is 1.89 bits per heavy atom. The fraction of sp³-hybridized carbons (Fsp3) is 0.933. The number of nitrogens with zero attached hydrogens (tertiary/aromatic N) is 1. The summed E-state index contributed by atoms with van der Waals surface area (Å²) in [5.41, 5.74) is 0. The fourth-order valence-corrected chi connectivity index (χ4v) is 3.16. The third-order valence-electron chi connectivity index (χ3n) is 4.59. The maximum Gasteiger partial charge on any atom is 0.234 e. The standard InChI is InChI=1S/C15H28N2O2/c1-12-8-9-17(10-14(12)18)11-15(19)16-13-6-4-2-3-5-7-13/h12-14,18H,2-11H2,1H3,(H,16,19). The summed E-state index contributed by atoms with van der Waals surface area (Å²) < 4.78 is 0. The van der Waals surface area contributed by atoms with E-state index in [1.165, 1.54) is 25.7 Å². The molecule has 1 aliphatic carbocycles. The molecule has 0 aromatic rings. The highest BCUT2D eigenvalue weighted by molar-refractivity contribution is 5.78. The predicted octanol–water partition coefficient (Wildman–Crippen LogP) is 1.53. The van der Waals surface area contributed by atoms with Gasteiger partial charge >= 0.3 is 0 Å². The van der Waals surface area contributed by atoms with Gasteiger partial charge in [-0.25, -0.2) is 0 Å². The zero-order valence-corrected chi connectivity index (χ0v) is 12.1. The van der Waals surface area contributed by atoms with Crippen LogP contribution in [-0.4, -0.2) is 47.7 Å². The lowest BCUT2D eigenvalue weighted by Crippen LogP contribution is -2.48. The summed E-state index contributed by atoms with van der Waals surface area (Å²) in [7, 11) is 0. The third-order valence-corrected chi connectivity index (χ3v) is 4.59. The zero-order chi connectivity index (χ0) is 13.7. The molecule has 19 heavy (non-hydrogen) atoms. The molecule has 4 nitrogen and oxygen atoms in total. The largest absolute Gasteiger partial charge is 0.392 e. The molecule has 0 aromatic carbocycles. The second-order valence-electron chi connectivity index (χ2n) is 6.32. The lowest BCUT2D eigenvalue weighted by Gasteiger charge is -2.34. The second kappa shape index (κ2) is 7.25. The molecule has 4 heteroatoms. The smallest absolute Gasteiger partial charge is 0.234 e. The molecular formula is C15H28N2O2. The number of piperidine rings is 1. The third kappa shape index (κ3) is 4.77. The van der Waals surface area contributed by atoms with Gasteiger partial charge in [0, 0.05) is 12.6 Å². The van der Waals surface area contributed by atoms with E-state index in [0.29, 0.717) is 25.0 Å². The molecule has 2 atom stereocenters. The lowest BCUT2D eigenvalue weighted by molar-refractivity contribution is -0.124. The van der Waals surface area contributed by atoms with Crippen LogP contribution >= 0.6 is 0 Å². The van der Waals surface area contributed by atoms with E-state index in [-0.39, 0.29) is 12.0 Å². The van der Waals surface area contributed by atoms with Crippen molar-refractivity contribution in [3.63, 3.8) is 0 Å². The molecule has 2 fully saturated rings. The molecular weight excluding hydrogens is 240 g/mol. The highest BCUT2D eigenvalue weighted by Crippen LogP contribution is 2.18. The zero-order valence-electron chi connectivity index (χ0n) is 12.1. The van der Waals surface area contributed by atoms with Gasteiger partial charge in [0.05, 0.1) is 12.6 Å². The molecule has 2 aliphatic rings. The summed E-state index contributed by atoms with van der Waals surface area (Å²) in [6.07, 6.45) is 8.06. The lowest BCUT2D eigenvalue weighted by atomic mass is 9.96. The van der Waals surface area contributed by atoms with Gasteiger partial charge in [-0.15, -0.1) is 0 Å². The molecule has 110 valence electrons. The Kier molecular flexibility index (Phi) is 5.64. The van der Waals surface area contributed by atoms with Gasteiger partial charge in [0.15, 0.2) is 0 Å². The number of nitrogens with one attached hydrogen (secondary N) is 1. The number of rotatable bonds is 3. The topological polar surface area (TPSA) is 52.6 Å². The van der Waals surface area contributed by atoms with Gasteiger partial charge in [-0.05, 0) is 31.7 Å². The highest BCUT2D eigenvalue weighted by Gasteiger charge is 2.25. The first-order valence-electron chi connectivity index (χ1n) is 7.85. The molecule has 1 saturated heterocycles. The van der Waals surface area contributed by atoms with Crippen LogP contribution in [0.4, 0.5) is 0 Å². The Morgan fingerprint density at radius 3 is 2.53 bits per heavy atom. The number of hydrogen-bond donors (Lipinski definition) is 2. The monoisotopic (exact) mass is 268 g/mol. The van der Waals surface area contributed by atoms with Gasteiger partial charge in [-0.2, -0.15) is 0 Å². The summed E-state index contributed by atoms with van der Waals surface area (Å²) in [6, 6.07) is 0.378. The molecule has 0 aromatic heterocycles. The quantitative estimate of drug-likeness (QED) is 0.763. The number of aliphatic hydroxyl groups is 1. The van der Waals surface area contributed by atoms with Crippen molar-refractivity contribution in [1.82, 2.24) is 10.2 Å². The average molecular weight is 268 g/mol. The first kappa shape index (κ1) is 14.8. The minimum Gasteiger partial charge on any atom is -0.392 e. The average Bonchev–Trinajstić information content (AvgIpc) is 2.62. The maximum absolute atomic E-state index is 12.0. The Bertz CT molecular complexity index is 288. The summed E-state index contributed by atoms with van der Waals surface area (Å²) in [5, 5.41) is 13.0. The van der Waals surface area contributed by atoms with E-state index in [0.717, 1.165) is 25.8 Å². The number of aliphatic hydroxyl groups excluding tert-OH is 1. The van der Waals surface area contributed by atoms with Gasteiger partial charge in [0.25, 0.3) is 0 Å². The van der Waals surface area contributed by atoms with E-state index in [2.05, 4.69) is 17.1 Å². The van der Waals surface area contributed by atoms with E-state index >= 15 is 0 Å². The normalized spacial score (nSPS) is 30.8. The van der Waals surface area contributed by atoms with Crippen molar-refractivity contribution in [1.29, 1.82) is 0 Å². The molecule has 1 heterocycles. The van der Waals surface area contributed by atoms with Crippen LogP contribution in [0.1, 0.15) is 51.9 Å². The minimum atomic E-state index is -0.278. The Hall–Kier alpha value is -0.610. The van der Waals surface area contributed by atoms with Crippen molar-refractivity contribution < 1.29 is 9.90 Å². The maximum atomic E-state index is 12.0. The Labute approximate surface area is 116 Å². The van der Waals surface area contributed by atoms with E-state index in [1.54, 1.807) is 0 Å². The van der Waals surface area contributed by atoms with Crippen LogP contribution in [0.15, 0.2) is 0 Å². The van der Waals surface area contributed by atoms with Gasteiger partial charge in [0.1, 0.15) is 0 Å². The van der Waals surface area contributed by atoms with Crippen LogP contribution in [0.5, 0.6) is 0 Å². The van der Waals surface area contributed by atoms with Gasteiger partial charge < -0.3 is 10.4 Å². The summed E-state index contributed by atoms with van der Waals surface area (Å²) >= 11 is 0. The van der Waals surface area contributed by atoms with Crippen LogP contribution in [0.3, 0.4) is 0 Å². The van der Waals surface area contributed by atoms with E-state index in [9.17, 15) is 9.90 Å². The van der Waals surface area contributed by atoms with Crippen LogP contribution in [0.25, 0.3) is 0 Å². The number of amides is 1. The summed E-state index contributed by atoms with van der Waals surface area (Å²) in [6.45, 7) is 4.09. The second-order valence-corrected chi connectivity index (χ2v) is 6.32. The Morgan fingerprint density at radius 1 is 1.21 bits per heavy atom. The van der Waals surface area contributed by atoms with E-state index < -0.39 is 0 Å². The summed E-state index contributed by atoms with van der Waals surface area (Å²) in [5.74, 6) is 0.495. The molecule has 0 spiro atoms. The highest BCUT2D eigenvalue weighted by atomic mass is 16.3. The molecule has 2 unspecified atom stereocenters. The molecule has 1 saturated carbocycles.